The molecule has 6 heteroatoms. The second kappa shape index (κ2) is 9.02. The first kappa shape index (κ1) is 22.5. The molecule has 2 aromatic rings. The Morgan fingerprint density at radius 1 is 1.34 bits per heavy atom. The lowest BCUT2D eigenvalue weighted by molar-refractivity contribution is 0.0489. The molecule has 0 N–H and O–H groups in total. The average molecular weight is 435 g/mol. The van der Waals surface area contributed by atoms with E-state index in [9.17, 15) is 4.79 Å². The normalized spacial score (nSPS) is 21.2. The Morgan fingerprint density at radius 2 is 2.16 bits per heavy atom. The molecular weight excluding hydrogens is 400 g/mol. The van der Waals surface area contributed by atoms with Crippen molar-refractivity contribution in [2.75, 3.05) is 6.54 Å². The summed E-state index contributed by atoms with van der Waals surface area (Å²) in [5, 5.41) is 0. The van der Waals surface area contributed by atoms with Gasteiger partial charge in [-0.3, -0.25) is 9.88 Å². The number of hydrogen-bond donors (Lipinski definition) is 0. The number of imidazole rings is 1. The fourth-order valence-electron chi connectivity index (χ4n) is 5.07. The number of ether oxygens (including phenoxy) is 1. The fourth-order valence-corrected chi connectivity index (χ4v) is 5.07. The van der Waals surface area contributed by atoms with Crippen LogP contribution in [0.15, 0.2) is 31.0 Å². The Morgan fingerprint density at radius 3 is 2.88 bits per heavy atom. The Kier molecular flexibility index (Phi) is 6.33. The smallest absolute Gasteiger partial charge is 0.420 e. The molecule has 170 valence electrons. The highest BCUT2D eigenvalue weighted by Crippen LogP contribution is 2.43. The Hall–Kier alpha value is -2.73. The zero-order valence-corrected chi connectivity index (χ0v) is 19.7. The number of allylic oxidation sites excluding steroid dienone is 1. The summed E-state index contributed by atoms with van der Waals surface area (Å²) in [6, 6.07) is 4.49. The number of carbonyl (C=O) groups is 1. The van der Waals surface area contributed by atoms with E-state index in [0.717, 1.165) is 25.1 Å². The lowest BCUT2D eigenvalue weighted by Crippen LogP contribution is -2.42. The maximum atomic E-state index is 13.2. The van der Waals surface area contributed by atoms with Gasteiger partial charge >= 0.3 is 6.09 Å². The summed E-state index contributed by atoms with van der Waals surface area (Å²) in [7, 11) is 0. The molecule has 1 aliphatic carbocycles. The minimum Gasteiger partial charge on any atom is -0.443 e. The molecule has 0 saturated carbocycles. The summed E-state index contributed by atoms with van der Waals surface area (Å²) in [6.45, 7) is 13.0. The van der Waals surface area contributed by atoms with Crippen molar-refractivity contribution in [2.24, 2.45) is 5.92 Å². The van der Waals surface area contributed by atoms with Gasteiger partial charge in [-0.1, -0.05) is 18.7 Å². The Labute approximate surface area is 191 Å². The van der Waals surface area contributed by atoms with E-state index in [1.54, 1.807) is 10.6 Å². The molecule has 6 nitrogen and oxygen atoms in total. The highest BCUT2D eigenvalue weighted by molar-refractivity contribution is 5.77. The predicted molar refractivity (Wildman–Crippen MR) is 127 cm³/mol. The molecule has 1 fully saturated rings. The van der Waals surface area contributed by atoms with Gasteiger partial charge in [-0.15, -0.1) is 0 Å². The zero-order chi connectivity index (χ0) is 22.9. The van der Waals surface area contributed by atoms with Crippen LogP contribution in [0, 0.1) is 5.92 Å². The average Bonchev–Trinajstić information content (AvgIpc) is 3.09. The van der Waals surface area contributed by atoms with E-state index in [1.165, 1.54) is 24.1 Å². The molecule has 4 rings (SSSR count). The van der Waals surface area contributed by atoms with Crippen molar-refractivity contribution in [3.8, 4) is 0 Å². The van der Waals surface area contributed by atoms with Crippen LogP contribution >= 0.6 is 0 Å². The first-order valence-corrected chi connectivity index (χ1v) is 11.6. The van der Waals surface area contributed by atoms with Crippen LogP contribution in [-0.4, -0.2) is 37.7 Å². The van der Waals surface area contributed by atoms with Gasteiger partial charge in [-0.05, 0) is 89.6 Å². The summed E-state index contributed by atoms with van der Waals surface area (Å²) in [5.41, 5.74) is 3.34. The number of carbonyl (C=O) groups excluding carboxylic acids is 1. The standard InChI is InChI=1S/C26H34N4O2/c1-6-10-20-21(7-2)30(25(31)32-26(3,4)5)22(28-20)17-29-16-9-12-19-14-13-18-11-8-15-27-23(18)24(19)29/h6-8,10-11,15,19,24H,2,9,12-14,16-17H2,1,3-5H3/b10-6-. The van der Waals surface area contributed by atoms with Crippen LogP contribution in [0.3, 0.4) is 0 Å². The third kappa shape index (κ3) is 4.42. The summed E-state index contributed by atoms with van der Waals surface area (Å²) in [5.74, 6) is 1.27. The number of pyridine rings is 1. The molecule has 0 bridgehead atoms. The van der Waals surface area contributed by atoms with Gasteiger partial charge in [-0.2, -0.15) is 0 Å². The predicted octanol–water partition coefficient (Wildman–Crippen LogP) is 5.64. The van der Waals surface area contributed by atoms with Crippen molar-refractivity contribution in [1.29, 1.82) is 0 Å². The number of rotatable bonds is 4. The summed E-state index contributed by atoms with van der Waals surface area (Å²) < 4.78 is 7.33. The SMILES string of the molecule is C=Cc1c(/C=C\C)nc(CN2CCCC3CCc4cccnc4C32)n1C(=O)OC(C)(C)C. The maximum absolute atomic E-state index is 13.2. The molecule has 2 unspecified atom stereocenters. The van der Waals surface area contributed by atoms with Gasteiger partial charge in [0.05, 0.1) is 29.7 Å². The lowest BCUT2D eigenvalue weighted by Gasteiger charge is -2.44. The topological polar surface area (TPSA) is 60.2 Å². The van der Waals surface area contributed by atoms with Gasteiger partial charge in [-0.25, -0.2) is 14.3 Å². The van der Waals surface area contributed by atoms with Crippen LogP contribution in [-0.2, 0) is 17.7 Å². The molecule has 2 aromatic heterocycles. The third-order valence-corrected chi connectivity index (χ3v) is 6.30. The Balaban J connectivity index is 1.73. The molecule has 0 aromatic carbocycles. The van der Waals surface area contributed by atoms with E-state index in [1.807, 2.05) is 52.1 Å². The summed E-state index contributed by atoms with van der Waals surface area (Å²) in [4.78, 5) is 25.3. The Bertz CT molecular complexity index is 1030. The molecule has 0 radical (unpaired) electrons. The molecule has 0 amide bonds. The van der Waals surface area contributed by atoms with Gasteiger partial charge in [0.25, 0.3) is 0 Å². The number of aryl methyl sites for hydroxylation is 1. The van der Waals surface area contributed by atoms with Gasteiger partial charge in [0.1, 0.15) is 11.4 Å². The van der Waals surface area contributed by atoms with Crippen molar-refractivity contribution < 1.29 is 9.53 Å². The van der Waals surface area contributed by atoms with Crippen LogP contribution in [0.4, 0.5) is 4.79 Å². The van der Waals surface area contributed by atoms with Gasteiger partial charge in [0, 0.05) is 6.20 Å². The van der Waals surface area contributed by atoms with Crippen LogP contribution in [0.2, 0.25) is 0 Å². The highest BCUT2D eigenvalue weighted by Gasteiger charge is 2.38. The van der Waals surface area contributed by atoms with Crippen LogP contribution < -0.4 is 0 Å². The number of piperidine rings is 1. The van der Waals surface area contributed by atoms with E-state index < -0.39 is 11.7 Å². The van der Waals surface area contributed by atoms with E-state index >= 15 is 0 Å². The van der Waals surface area contributed by atoms with Crippen molar-refractivity contribution in [1.82, 2.24) is 19.4 Å². The van der Waals surface area contributed by atoms with Gasteiger partial charge in [0.15, 0.2) is 0 Å². The second-order valence-corrected chi connectivity index (χ2v) is 9.72. The van der Waals surface area contributed by atoms with E-state index in [4.69, 9.17) is 14.7 Å². The monoisotopic (exact) mass is 434 g/mol. The third-order valence-electron chi connectivity index (χ3n) is 6.30. The van der Waals surface area contributed by atoms with Crippen LogP contribution in [0.25, 0.3) is 12.2 Å². The molecule has 32 heavy (non-hydrogen) atoms. The minimum atomic E-state index is -0.597. The van der Waals surface area contributed by atoms with E-state index in [2.05, 4.69) is 17.5 Å². The van der Waals surface area contributed by atoms with E-state index in [-0.39, 0.29) is 6.04 Å². The van der Waals surface area contributed by atoms with Gasteiger partial charge in [0.2, 0.25) is 0 Å². The molecule has 1 aliphatic heterocycles. The number of likely N-dealkylation sites (tertiary alicyclic amines) is 1. The van der Waals surface area contributed by atoms with Crippen LogP contribution in [0.5, 0.6) is 0 Å². The fraction of sp³-hybridized carbons (Fsp3) is 0.500. The minimum absolute atomic E-state index is 0.259. The van der Waals surface area contributed by atoms with Crippen molar-refractivity contribution >= 4 is 18.2 Å². The summed E-state index contributed by atoms with van der Waals surface area (Å²) >= 11 is 0. The molecule has 1 saturated heterocycles. The first-order valence-electron chi connectivity index (χ1n) is 11.6. The highest BCUT2D eigenvalue weighted by atomic mass is 16.6. The van der Waals surface area contributed by atoms with Crippen molar-refractivity contribution in [2.45, 2.75) is 71.6 Å². The molecular formula is C26H34N4O2. The molecule has 3 heterocycles. The number of nitrogens with zero attached hydrogens (tertiary/aromatic N) is 4. The number of hydrogen-bond acceptors (Lipinski definition) is 5. The van der Waals surface area contributed by atoms with Gasteiger partial charge < -0.3 is 4.74 Å². The van der Waals surface area contributed by atoms with Crippen LogP contribution in [0.1, 0.15) is 81.5 Å². The molecule has 2 aliphatic rings. The quantitative estimate of drug-likeness (QED) is 0.623. The number of fused-ring (bicyclic) bond motifs is 3. The van der Waals surface area contributed by atoms with Crippen molar-refractivity contribution in [3.05, 3.63) is 59.5 Å². The largest absolute Gasteiger partial charge is 0.443 e. The zero-order valence-electron chi connectivity index (χ0n) is 19.7. The number of aromatic nitrogens is 3. The second-order valence-electron chi connectivity index (χ2n) is 9.72. The summed E-state index contributed by atoms with van der Waals surface area (Å²) in [6.07, 6.45) is 11.7. The maximum Gasteiger partial charge on any atom is 0.420 e. The molecule has 0 spiro atoms. The van der Waals surface area contributed by atoms with Crippen molar-refractivity contribution in [3.63, 3.8) is 0 Å². The lowest BCUT2D eigenvalue weighted by atomic mass is 9.77. The van der Waals surface area contributed by atoms with E-state index in [0.29, 0.717) is 24.0 Å². The first-order chi connectivity index (χ1) is 15.3. The molecule has 2 atom stereocenters.